The second-order valence-electron chi connectivity index (χ2n) is 26.7. The second kappa shape index (κ2) is 23.8. The summed E-state index contributed by atoms with van der Waals surface area (Å²) in [6.45, 7) is 15.0. The van der Waals surface area contributed by atoms with Crippen LogP contribution in [0.3, 0.4) is 0 Å². The van der Waals surface area contributed by atoms with Crippen LogP contribution in [0, 0.1) is 18.7 Å². The van der Waals surface area contributed by atoms with Gasteiger partial charge in [0.15, 0.2) is 5.82 Å². The number of carbonyl (C=O) groups excluding carboxylic acids is 8. The quantitative estimate of drug-likeness (QED) is 0.0993. The van der Waals surface area contributed by atoms with Crippen LogP contribution in [-0.4, -0.2) is 181 Å². The summed E-state index contributed by atoms with van der Waals surface area (Å²) < 4.78 is 18.0. The molecule has 5 saturated heterocycles. The van der Waals surface area contributed by atoms with Crippen LogP contribution in [0.5, 0.6) is 0 Å². The van der Waals surface area contributed by atoms with Gasteiger partial charge in [-0.25, -0.2) is 24.3 Å². The number of nitrogens with one attached hydrogen (secondary N) is 3. The predicted molar refractivity (Wildman–Crippen MR) is 341 cm³/mol. The molecule has 2 unspecified atom stereocenters. The van der Waals surface area contributed by atoms with Crippen molar-refractivity contribution >= 4 is 87.0 Å². The van der Waals surface area contributed by atoms with Crippen LogP contribution in [0.4, 0.5) is 33.1 Å². The zero-order chi connectivity index (χ0) is 64.0. The Hall–Kier alpha value is -9.19. The van der Waals surface area contributed by atoms with Gasteiger partial charge in [-0.1, -0.05) is 24.6 Å². The first-order valence-electron chi connectivity index (χ1n) is 32.6. The van der Waals surface area contributed by atoms with Crippen molar-refractivity contribution < 1.29 is 42.7 Å². The third kappa shape index (κ3) is 10.6. The number of hydrogen-bond donors (Lipinski definition) is 3. The van der Waals surface area contributed by atoms with Gasteiger partial charge < -0.3 is 44.6 Å². The summed E-state index contributed by atoms with van der Waals surface area (Å²) in [7, 11) is 0. The summed E-state index contributed by atoms with van der Waals surface area (Å²) >= 11 is 0. The number of aryl methyl sites for hydroxylation is 1. The van der Waals surface area contributed by atoms with Crippen molar-refractivity contribution in [2.24, 2.45) is 5.92 Å². The SMILES string of the molecule is Cc1cc(F)c(Nc2nc(-c3ccc4c(c3)N(C3CC(N5CCCCC5)C3)C(=O)C43CCN(C(=O)C4CCN(C(=O)c5cnc(N6CCN(c7cccc8c7C(=O)N(C7CCC(=O)NC7=O)C8=O)CC6)cn5)C4)CC3)cc3ncn(C(C)C)c23)cc1C(=O)NC(C)C. The molecular weight excluding hydrogens is 1170 g/mol. The van der Waals surface area contributed by atoms with E-state index in [0.29, 0.717) is 116 Å². The van der Waals surface area contributed by atoms with E-state index in [1.54, 1.807) is 42.5 Å². The Bertz CT molecular complexity index is 4030. The highest BCUT2D eigenvalue weighted by molar-refractivity contribution is 6.25. The molecule has 1 spiro atoms. The molecule has 10 heterocycles. The third-order valence-electron chi connectivity index (χ3n) is 20.4. The standard InChI is InChI=1S/C68H76FN15O8/c1-38(2)73-61(86)46-32-50(48(69)28-40(46)5)75-60-59-51(72-37-82(59)39(3)4)33-49(74-60)41-12-13-47-55(29-41)83(44-30-43(31-44)77-19-7-6-8-20-77)67(92)68(47)17-22-80(23-18-68)63(88)42-16-21-81(36-42)65(90)52-34-71-56(35-70-52)79-26-24-78(25-27-79)53-11-9-10-45-58(53)66(91)84(64(45)89)54-14-15-57(85)76-62(54)87/h9-13,28-29,32-35,37-39,42-44,54H,6-8,14-27,30-31,36H2,1-5H3,(H,73,86)(H,74,75)(H,76,85,87). The maximum atomic E-state index is 16.0. The lowest BCUT2D eigenvalue weighted by atomic mass is 9.73. The van der Waals surface area contributed by atoms with Crippen LogP contribution in [0.25, 0.3) is 22.3 Å². The minimum atomic E-state index is -1.06. The molecule has 3 aromatic heterocycles. The molecule has 1 aliphatic carbocycles. The molecule has 8 aliphatic rings. The number of halogens is 1. The highest BCUT2D eigenvalue weighted by Crippen LogP contribution is 2.53. The number of carbonyl (C=O) groups is 8. The molecule has 92 heavy (non-hydrogen) atoms. The zero-order valence-electron chi connectivity index (χ0n) is 52.5. The Labute approximate surface area is 532 Å². The largest absolute Gasteiger partial charge is 0.367 e. The first-order chi connectivity index (χ1) is 44.3. The van der Waals surface area contributed by atoms with Crippen molar-refractivity contribution in [3.05, 3.63) is 113 Å². The van der Waals surface area contributed by atoms with Crippen LogP contribution in [0.2, 0.25) is 0 Å². The number of aromatic nitrogens is 5. The number of anilines is 5. The number of pyridine rings is 1. The minimum absolute atomic E-state index is 0.00317. The second-order valence-corrected chi connectivity index (χ2v) is 26.7. The number of hydrogen-bond acceptors (Lipinski definition) is 16. The number of piperazine rings is 1. The van der Waals surface area contributed by atoms with Crippen LogP contribution in [0.1, 0.15) is 151 Å². The summed E-state index contributed by atoms with van der Waals surface area (Å²) in [4.78, 5) is 142. The van der Waals surface area contributed by atoms with Crippen molar-refractivity contribution in [3.63, 3.8) is 0 Å². The average molecular weight is 1250 g/mol. The number of likely N-dealkylation sites (tertiary alicyclic amines) is 3. The molecule has 23 nitrogen and oxygen atoms in total. The van der Waals surface area contributed by atoms with E-state index in [1.165, 1.54) is 37.6 Å². The Morgan fingerprint density at radius 1 is 0.750 bits per heavy atom. The lowest BCUT2D eigenvalue weighted by Gasteiger charge is -2.48. The number of imide groups is 2. The van der Waals surface area contributed by atoms with Crippen molar-refractivity contribution in [2.75, 3.05) is 85.5 Å². The highest BCUT2D eigenvalue weighted by atomic mass is 19.1. The maximum Gasteiger partial charge on any atom is 0.274 e. The van der Waals surface area contributed by atoms with Gasteiger partial charge in [0.1, 0.15) is 28.9 Å². The molecule has 0 bridgehead atoms. The Kier molecular flexibility index (Phi) is 15.6. The summed E-state index contributed by atoms with van der Waals surface area (Å²) in [6.07, 6.45) is 11.6. The van der Waals surface area contributed by atoms with Crippen molar-refractivity contribution in [3.8, 4) is 11.3 Å². The maximum absolute atomic E-state index is 16.0. The average Bonchev–Trinajstić information content (AvgIpc) is 1.56. The van der Waals surface area contributed by atoms with Crippen LogP contribution in [-0.2, 0) is 24.6 Å². The van der Waals surface area contributed by atoms with E-state index >= 15 is 9.18 Å². The predicted octanol–water partition coefficient (Wildman–Crippen LogP) is 6.91. The Morgan fingerprint density at radius 3 is 2.23 bits per heavy atom. The van der Waals surface area contributed by atoms with Gasteiger partial charge in [-0.3, -0.25) is 48.6 Å². The van der Waals surface area contributed by atoms with Gasteiger partial charge >= 0.3 is 0 Å². The van der Waals surface area contributed by atoms with E-state index in [-0.39, 0.29) is 83.6 Å². The third-order valence-corrected chi connectivity index (χ3v) is 20.4. The smallest absolute Gasteiger partial charge is 0.274 e. The summed E-state index contributed by atoms with van der Waals surface area (Å²) in [5.41, 5.74) is 5.76. The normalized spacial score (nSPS) is 22.5. The first kappa shape index (κ1) is 60.4. The van der Waals surface area contributed by atoms with Gasteiger partial charge in [-0.2, -0.15) is 0 Å². The van der Waals surface area contributed by atoms with Gasteiger partial charge in [0, 0.05) is 99.8 Å². The number of nitrogens with zero attached hydrogens (tertiary/aromatic N) is 12. The fourth-order valence-corrected chi connectivity index (χ4v) is 15.3. The van der Waals surface area contributed by atoms with E-state index in [4.69, 9.17) is 9.97 Å². The van der Waals surface area contributed by atoms with Crippen molar-refractivity contribution in [1.29, 1.82) is 0 Å². The summed E-state index contributed by atoms with van der Waals surface area (Å²) in [5.74, 6) is -2.82. The number of imidazole rings is 1. The molecule has 6 aromatic rings. The number of piperidine rings is 3. The lowest BCUT2D eigenvalue weighted by Crippen LogP contribution is -2.58. The molecule has 478 valence electrons. The molecular formula is C68H76FN15O8. The van der Waals surface area contributed by atoms with E-state index in [2.05, 4.69) is 47.9 Å². The molecule has 6 fully saturated rings. The molecule has 1 saturated carbocycles. The monoisotopic (exact) mass is 1250 g/mol. The highest BCUT2D eigenvalue weighted by Gasteiger charge is 2.56. The Morgan fingerprint density at radius 2 is 1.51 bits per heavy atom. The number of benzene rings is 3. The number of fused-ring (bicyclic) bond motifs is 4. The minimum Gasteiger partial charge on any atom is -0.367 e. The fourth-order valence-electron chi connectivity index (χ4n) is 15.3. The zero-order valence-corrected chi connectivity index (χ0v) is 52.5. The molecule has 7 aliphatic heterocycles. The van der Waals surface area contributed by atoms with E-state index in [9.17, 15) is 33.6 Å². The van der Waals surface area contributed by atoms with Crippen LogP contribution < -0.4 is 30.7 Å². The van der Waals surface area contributed by atoms with Gasteiger partial charge in [0.2, 0.25) is 23.6 Å². The molecule has 3 N–H and O–H groups in total. The van der Waals surface area contributed by atoms with Crippen molar-refractivity contribution in [2.45, 2.75) is 134 Å². The number of rotatable bonds is 13. The number of amides is 8. The Balaban J connectivity index is 0.648. The molecule has 3 aromatic carbocycles. The summed E-state index contributed by atoms with van der Waals surface area (Å²) in [5, 5.41) is 8.44. The van der Waals surface area contributed by atoms with Gasteiger partial charge in [-0.15, -0.1) is 0 Å². The molecule has 8 amide bonds. The first-order valence-corrected chi connectivity index (χ1v) is 32.6. The van der Waals surface area contributed by atoms with Crippen molar-refractivity contribution in [1.82, 2.24) is 54.7 Å². The fraction of sp³-hybridized carbons (Fsp3) is 0.471. The van der Waals surface area contributed by atoms with E-state index < -0.39 is 46.8 Å². The van der Waals surface area contributed by atoms with Gasteiger partial charge in [-0.05, 0) is 147 Å². The van der Waals surface area contributed by atoms with Crippen LogP contribution >= 0.6 is 0 Å². The molecule has 24 heteroatoms. The molecule has 14 rings (SSSR count). The lowest BCUT2D eigenvalue weighted by molar-refractivity contribution is -0.139. The van der Waals surface area contributed by atoms with E-state index in [0.717, 1.165) is 47.6 Å². The topological polar surface area (TPSA) is 252 Å². The van der Waals surface area contributed by atoms with Gasteiger partial charge in [0.25, 0.3) is 23.6 Å². The molecule has 2 atom stereocenters. The van der Waals surface area contributed by atoms with E-state index in [1.807, 2.05) is 59.1 Å². The van der Waals surface area contributed by atoms with Crippen LogP contribution in [0.15, 0.2) is 73.3 Å². The summed E-state index contributed by atoms with van der Waals surface area (Å²) in [6, 6.07) is 15.3. The van der Waals surface area contributed by atoms with Gasteiger partial charge in [0.05, 0.1) is 63.8 Å². The molecule has 0 radical (unpaired) electrons.